The molecule has 1 fully saturated rings. The van der Waals surface area contributed by atoms with Crippen molar-refractivity contribution in [2.24, 2.45) is 10.7 Å². The number of nitrogens with zero attached hydrogens (tertiary/aromatic N) is 3. The van der Waals surface area contributed by atoms with Gasteiger partial charge in [0.25, 0.3) is 5.91 Å². The summed E-state index contributed by atoms with van der Waals surface area (Å²) in [5.41, 5.74) is 8.02. The summed E-state index contributed by atoms with van der Waals surface area (Å²) in [7, 11) is 0. The van der Waals surface area contributed by atoms with Crippen LogP contribution < -0.4 is 5.73 Å². The van der Waals surface area contributed by atoms with Crippen molar-refractivity contribution in [1.29, 1.82) is 0 Å². The molecule has 0 aliphatic carbocycles. The first-order valence-corrected chi connectivity index (χ1v) is 8.91. The van der Waals surface area contributed by atoms with Crippen LogP contribution in [-0.4, -0.2) is 65.9 Å². The van der Waals surface area contributed by atoms with Gasteiger partial charge in [0.05, 0.1) is 6.54 Å². The van der Waals surface area contributed by atoms with Gasteiger partial charge in [-0.25, -0.2) is 0 Å². The Morgan fingerprint density at radius 3 is 2.82 bits per heavy atom. The van der Waals surface area contributed by atoms with Crippen molar-refractivity contribution in [2.75, 3.05) is 44.2 Å². The minimum Gasteiger partial charge on any atom is -0.370 e. The third-order valence-corrected chi connectivity index (χ3v) is 5.11. The van der Waals surface area contributed by atoms with E-state index in [1.165, 1.54) is 0 Å². The van der Waals surface area contributed by atoms with Gasteiger partial charge in [0.1, 0.15) is 0 Å². The topological polar surface area (TPSA) is 61.9 Å². The number of carbonyl (C=O) groups is 1. The van der Waals surface area contributed by atoms with E-state index in [9.17, 15) is 4.79 Å². The zero-order chi connectivity index (χ0) is 15.4. The highest BCUT2D eigenvalue weighted by atomic mass is 32.2. The zero-order valence-corrected chi connectivity index (χ0v) is 13.5. The number of hydrogen-bond acceptors (Lipinski definition) is 3. The van der Waals surface area contributed by atoms with Crippen LogP contribution in [0.25, 0.3) is 0 Å². The predicted octanol–water partition coefficient (Wildman–Crippen LogP) is 1.05. The second-order valence-electron chi connectivity index (χ2n) is 5.54. The lowest BCUT2D eigenvalue weighted by atomic mass is 9.99. The Kier molecular flexibility index (Phi) is 4.87. The molecule has 0 spiro atoms. The van der Waals surface area contributed by atoms with Gasteiger partial charge in [-0.15, -0.1) is 0 Å². The lowest BCUT2D eigenvalue weighted by Gasteiger charge is -2.29. The molecule has 5 nitrogen and oxygen atoms in total. The first kappa shape index (κ1) is 15.2. The lowest BCUT2D eigenvalue weighted by Crippen LogP contribution is -2.43. The summed E-state index contributed by atoms with van der Waals surface area (Å²) in [5, 5.41) is 0. The normalized spacial score (nSPS) is 19.3. The van der Waals surface area contributed by atoms with E-state index in [1.54, 1.807) is 0 Å². The van der Waals surface area contributed by atoms with Crippen LogP contribution in [0.5, 0.6) is 0 Å². The zero-order valence-electron chi connectivity index (χ0n) is 12.7. The molecule has 0 saturated carbocycles. The van der Waals surface area contributed by atoms with E-state index in [-0.39, 0.29) is 5.91 Å². The van der Waals surface area contributed by atoms with Crippen LogP contribution in [0.2, 0.25) is 0 Å². The molecule has 2 aliphatic heterocycles. The molecule has 0 radical (unpaired) electrons. The molecule has 118 valence electrons. The first-order chi connectivity index (χ1) is 10.8. The Morgan fingerprint density at radius 2 is 2.00 bits per heavy atom. The van der Waals surface area contributed by atoms with Crippen molar-refractivity contribution in [1.82, 2.24) is 9.80 Å². The quantitative estimate of drug-likeness (QED) is 0.668. The molecular formula is C16H22N4OS. The minimum absolute atomic E-state index is 0.116. The molecule has 2 aliphatic rings. The van der Waals surface area contributed by atoms with E-state index in [0.717, 1.165) is 48.7 Å². The highest BCUT2D eigenvalue weighted by molar-refractivity contribution is 7.99. The maximum atomic E-state index is 12.4. The standard InChI is InChI=1S/C16H22N4OS/c17-16(20-9-11-22-12-10-20)18-6-8-19-7-5-13-3-1-2-4-14(13)15(19)21/h1-4H,5-12H2,(H2,17,18). The fourth-order valence-corrected chi connectivity index (χ4v) is 3.77. The number of nitrogens with two attached hydrogens (primary N) is 1. The average molecular weight is 318 g/mol. The van der Waals surface area contributed by atoms with E-state index in [2.05, 4.69) is 9.89 Å². The summed E-state index contributed by atoms with van der Waals surface area (Å²) in [6, 6.07) is 7.86. The summed E-state index contributed by atoms with van der Waals surface area (Å²) < 4.78 is 0. The van der Waals surface area contributed by atoms with Gasteiger partial charge in [-0.1, -0.05) is 18.2 Å². The van der Waals surface area contributed by atoms with Crippen LogP contribution in [0.15, 0.2) is 29.3 Å². The van der Waals surface area contributed by atoms with Crippen molar-refractivity contribution in [3.63, 3.8) is 0 Å². The highest BCUT2D eigenvalue weighted by Crippen LogP contribution is 2.18. The fourth-order valence-electron chi connectivity index (χ4n) is 2.87. The van der Waals surface area contributed by atoms with Crippen molar-refractivity contribution < 1.29 is 4.79 Å². The third-order valence-electron chi connectivity index (χ3n) is 4.16. The third kappa shape index (κ3) is 3.38. The smallest absolute Gasteiger partial charge is 0.254 e. The van der Waals surface area contributed by atoms with Crippen LogP contribution in [-0.2, 0) is 6.42 Å². The van der Waals surface area contributed by atoms with E-state index in [0.29, 0.717) is 19.0 Å². The molecule has 3 rings (SSSR count). The number of benzene rings is 1. The van der Waals surface area contributed by atoms with Crippen LogP contribution in [0.1, 0.15) is 15.9 Å². The maximum Gasteiger partial charge on any atom is 0.254 e. The Labute approximate surface area is 135 Å². The molecular weight excluding hydrogens is 296 g/mol. The van der Waals surface area contributed by atoms with Gasteiger partial charge in [0, 0.05) is 43.2 Å². The van der Waals surface area contributed by atoms with E-state index < -0.39 is 0 Å². The molecule has 0 unspecified atom stereocenters. The van der Waals surface area contributed by atoms with Gasteiger partial charge in [-0.2, -0.15) is 11.8 Å². The molecule has 1 aromatic carbocycles. The Bertz CT molecular complexity index is 569. The number of aliphatic imine (C=N–C) groups is 1. The molecule has 2 heterocycles. The molecule has 22 heavy (non-hydrogen) atoms. The number of fused-ring (bicyclic) bond motifs is 1. The Balaban J connectivity index is 1.55. The van der Waals surface area contributed by atoms with Crippen LogP contribution in [0, 0.1) is 0 Å². The van der Waals surface area contributed by atoms with Crippen LogP contribution in [0.3, 0.4) is 0 Å². The van der Waals surface area contributed by atoms with Crippen LogP contribution in [0.4, 0.5) is 0 Å². The van der Waals surface area contributed by atoms with Crippen molar-refractivity contribution >= 4 is 23.6 Å². The largest absolute Gasteiger partial charge is 0.370 e. The summed E-state index contributed by atoms with van der Waals surface area (Å²) >= 11 is 1.95. The predicted molar refractivity (Wildman–Crippen MR) is 91.4 cm³/mol. The molecule has 0 atom stereocenters. The molecule has 2 N–H and O–H groups in total. The molecule has 1 aromatic rings. The maximum absolute atomic E-state index is 12.4. The highest BCUT2D eigenvalue weighted by Gasteiger charge is 2.23. The first-order valence-electron chi connectivity index (χ1n) is 7.75. The van der Waals surface area contributed by atoms with Gasteiger partial charge in [0.15, 0.2) is 5.96 Å². The van der Waals surface area contributed by atoms with Crippen LogP contribution >= 0.6 is 11.8 Å². The lowest BCUT2D eigenvalue weighted by molar-refractivity contribution is 0.0745. The number of carbonyl (C=O) groups excluding carboxylic acids is 1. The van der Waals surface area contributed by atoms with E-state index in [4.69, 9.17) is 5.73 Å². The molecule has 0 bridgehead atoms. The number of guanidine groups is 1. The van der Waals surface area contributed by atoms with Gasteiger partial charge in [-0.3, -0.25) is 9.79 Å². The van der Waals surface area contributed by atoms with E-state index in [1.807, 2.05) is 40.9 Å². The summed E-state index contributed by atoms with van der Waals surface area (Å²) in [5.74, 6) is 2.95. The number of amides is 1. The average Bonchev–Trinajstić information content (AvgIpc) is 2.58. The summed E-state index contributed by atoms with van der Waals surface area (Å²) in [4.78, 5) is 20.9. The summed E-state index contributed by atoms with van der Waals surface area (Å²) in [6.07, 6.45) is 0.921. The Morgan fingerprint density at radius 1 is 1.23 bits per heavy atom. The fraction of sp³-hybridized carbons (Fsp3) is 0.500. The summed E-state index contributed by atoms with van der Waals surface area (Å²) in [6.45, 7) is 3.91. The van der Waals surface area contributed by atoms with Crippen molar-refractivity contribution in [3.05, 3.63) is 35.4 Å². The molecule has 6 heteroatoms. The molecule has 1 amide bonds. The molecule has 1 saturated heterocycles. The molecule has 0 aromatic heterocycles. The van der Waals surface area contributed by atoms with Gasteiger partial charge >= 0.3 is 0 Å². The minimum atomic E-state index is 0.116. The van der Waals surface area contributed by atoms with Gasteiger partial charge < -0.3 is 15.5 Å². The second-order valence-corrected chi connectivity index (χ2v) is 6.76. The Hall–Kier alpha value is -1.69. The number of thioether (sulfide) groups is 1. The number of hydrogen-bond donors (Lipinski definition) is 1. The monoisotopic (exact) mass is 318 g/mol. The van der Waals surface area contributed by atoms with Crippen molar-refractivity contribution in [3.8, 4) is 0 Å². The number of rotatable bonds is 3. The van der Waals surface area contributed by atoms with Gasteiger partial charge in [0.2, 0.25) is 0 Å². The van der Waals surface area contributed by atoms with E-state index >= 15 is 0 Å². The van der Waals surface area contributed by atoms with Gasteiger partial charge in [-0.05, 0) is 18.1 Å². The van der Waals surface area contributed by atoms with Crippen molar-refractivity contribution in [2.45, 2.75) is 6.42 Å². The SMILES string of the molecule is NC(=NCCN1CCc2ccccc2C1=O)N1CCSCC1. The second kappa shape index (κ2) is 7.05.